The average Bonchev–Trinajstić information content (AvgIpc) is 3.27. The number of fused-ring (bicyclic) bond motifs is 1. The molecule has 0 bridgehead atoms. The van der Waals surface area contributed by atoms with Crippen LogP contribution in [0.25, 0.3) is 11.0 Å². The van der Waals surface area contributed by atoms with Crippen molar-refractivity contribution in [3.05, 3.63) is 47.3 Å². The molecule has 1 aliphatic heterocycles. The second-order valence-corrected chi connectivity index (χ2v) is 6.08. The minimum absolute atomic E-state index is 0.00124. The van der Waals surface area contributed by atoms with E-state index in [-0.39, 0.29) is 11.9 Å². The maximum Gasteiger partial charge on any atom is 0.290 e. The fraction of sp³-hybridized carbons (Fsp3) is 0.353. The van der Waals surface area contributed by atoms with Crippen LogP contribution in [0.5, 0.6) is 0 Å². The summed E-state index contributed by atoms with van der Waals surface area (Å²) in [5.41, 5.74) is 7.27. The van der Waals surface area contributed by atoms with Gasteiger partial charge in [0.2, 0.25) is 5.89 Å². The Hall–Kier alpha value is -2.67. The number of hydrogen-bond acceptors (Lipinski definition) is 6. The number of benzene rings is 1. The summed E-state index contributed by atoms with van der Waals surface area (Å²) in [5.74, 6) is 0.630. The molecule has 7 heteroatoms. The van der Waals surface area contributed by atoms with E-state index in [4.69, 9.17) is 14.7 Å². The third kappa shape index (κ3) is 2.46. The van der Waals surface area contributed by atoms with Gasteiger partial charge in [0.25, 0.3) is 11.7 Å². The van der Waals surface area contributed by atoms with E-state index in [0.29, 0.717) is 5.89 Å². The van der Waals surface area contributed by atoms with Crippen LogP contribution in [-0.4, -0.2) is 27.5 Å². The zero-order valence-electron chi connectivity index (χ0n) is 13.4. The zero-order chi connectivity index (χ0) is 16.7. The minimum Gasteiger partial charge on any atom is -0.461 e. The molecule has 0 saturated carbocycles. The van der Waals surface area contributed by atoms with Crippen molar-refractivity contribution in [2.75, 3.05) is 6.54 Å². The topological polar surface area (TPSA) is 98.4 Å². The SMILES string of the molecule is Cc1oc2ccccc2c1CN1CCC[C@@H]1c1nc(C(N)=O)no1. The van der Waals surface area contributed by atoms with E-state index in [2.05, 4.69) is 21.1 Å². The fourth-order valence-corrected chi connectivity index (χ4v) is 3.39. The monoisotopic (exact) mass is 326 g/mol. The molecule has 0 spiro atoms. The molecule has 1 saturated heterocycles. The highest BCUT2D eigenvalue weighted by Crippen LogP contribution is 2.35. The van der Waals surface area contributed by atoms with Crippen molar-refractivity contribution in [3.63, 3.8) is 0 Å². The lowest BCUT2D eigenvalue weighted by atomic mass is 10.1. The third-order valence-electron chi connectivity index (χ3n) is 4.57. The van der Waals surface area contributed by atoms with Gasteiger partial charge in [-0.05, 0) is 32.4 Å². The van der Waals surface area contributed by atoms with E-state index in [1.807, 2.05) is 25.1 Å². The maximum atomic E-state index is 11.2. The number of furan rings is 1. The molecule has 2 aromatic heterocycles. The molecular formula is C17H18N4O3. The highest BCUT2D eigenvalue weighted by molar-refractivity contribution is 5.88. The summed E-state index contributed by atoms with van der Waals surface area (Å²) in [4.78, 5) is 17.6. The quantitative estimate of drug-likeness (QED) is 0.791. The zero-order valence-corrected chi connectivity index (χ0v) is 13.4. The van der Waals surface area contributed by atoms with Crippen LogP contribution < -0.4 is 5.73 Å². The standard InChI is InChI=1S/C17H18N4O3/c1-10-12(11-5-2-3-7-14(11)23-10)9-21-8-4-6-13(21)17-19-16(15(18)22)20-24-17/h2-3,5,7,13H,4,6,8-9H2,1H3,(H2,18,22)/t13-/m1/s1. The molecular weight excluding hydrogens is 308 g/mol. The molecule has 3 heterocycles. The number of likely N-dealkylation sites (tertiary alicyclic amines) is 1. The average molecular weight is 326 g/mol. The van der Waals surface area contributed by atoms with Crippen molar-refractivity contribution < 1.29 is 13.7 Å². The van der Waals surface area contributed by atoms with Crippen molar-refractivity contribution in [2.45, 2.75) is 32.4 Å². The highest BCUT2D eigenvalue weighted by Gasteiger charge is 2.32. The molecule has 0 radical (unpaired) electrons. The van der Waals surface area contributed by atoms with E-state index < -0.39 is 5.91 Å². The second-order valence-electron chi connectivity index (χ2n) is 6.08. The molecule has 0 unspecified atom stereocenters. The largest absolute Gasteiger partial charge is 0.461 e. The molecule has 1 fully saturated rings. The molecule has 4 rings (SSSR count). The summed E-state index contributed by atoms with van der Waals surface area (Å²) < 4.78 is 11.1. The number of hydrogen-bond donors (Lipinski definition) is 1. The van der Waals surface area contributed by atoms with E-state index in [0.717, 1.165) is 42.7 Å². The number of nitrogens with two attached hydrogens (primary N) is 1. The Bertz CT molecular complexity index is 898. The first kappa shape index (κ1) is 14.9. The van der Waals surface area contributed by atoms with Gasteiger partial charge in [-0.25, -0.2) is 0 Å². The first-order valence-electron chi connectivity index (χ1n) is 7.98. The van der Waals surface area contributed by atoms with Gasteiger partial charge in [-0.15, -0.1) is 0 Å². The number of para-hydroxylation sites is 1. The lowest BCUT2D eigenvalue weighted by Crippen LogP contribution is -2.23. The number of primary amides is 1. The third-order valence-corrected chi connectivity index (χ3v) is 4.57. The first-order chi connectivity index (χ1) is 11.6. The van der Waals surface area contributed by atoms with Crippen molar-refractivity contribution in [2.24, 2.45) is 5.73 Å². The van der Waals surface area contributed by atoms with Gasteiger partial charge in [0.15, 0.2) is 0 Å². The summed E-state index contributed by atoms with van der Waals surface area (Å²) in [6.45, 7) is 3.65. The molecule has 24 heavy (non-hydrogen) atoms. The van der Waals surface area contributed by atoms with Crippen LogP contribution in [0.15, 0.2) is 33.2 Å². The second kappa shape index (κ2) is 5.76. The van der Waals surface area contributed by atoms with Crippen LogP contribution >= 0.6 is 0 Å². The Morgan fingerprint density at radius 3 is 3.04 bits per heavy atom. The number of aromatic nitrogens is 2. The van der Waals surface area contributed by atoms with Gasteiger partial charge in [-0.3, -0.25) is 9.69 Å². The van der Waals surface area contributed by atoms with E-state index in [9.17, 15) is 4.79 Å². The van der Waals surface area contributed by atoms with Crippen LogP contribution in [-0.2, 0) is 6.54 Å². The Morgan fingerprint density at radius 1 is 1.42 bits per heavy atom. The number of carbonyl (C=O) groups is 1. The smallest absolute Gasteiger partial charge is 0.290 e. The fourth-order valence-electron chi connectivity index (χ4n) is 3.39. The van der Waals surface area contributed by atoms with Gasteiger partial charge in [0, 0.05) is 17.5 Å². The van der Waals surface area contributed by atoms with Crippen LogP contribution in [0.3, 0.4) is 0 Å². The molecule has 1 aromatic carbocycles. The van der Waals surface area contributed by atoms with E-state index >= 15 is 0 Å². The maximum absolute atomic E-state index is 11.2. The van der Waals surface area contributed by atoms with Gasteiger partial charge in [-0.1, -0.05) is 23.4 Å². The summed E-state index contributed by atoms with van der Waals surface area (Å²) in [6, 6.07) is 8.03. The summed E-state index contributed by atoms with van der Waals surface area (Å²) in [7, 11) is 0. The van der Waals surface area contributed by atoms with Gasteiger partial charge >= 0.3 is 0 Å². The van der Waals surface area contributed by atoms with Crippen LogP contribution in [0, 0.1) is 6.92 Å². The van der Waals surface area contributed by atoms with Crippen LogP contribution in [0.2, 0.25) is 0 Å². The normalized spacial score (nSPS) is 18.5. The van der Waals surface area contributed by atoms with Gasteiger partial charge < -0.3 is 14.7 Å². The molecule has 1 aliphatic rings. The number of rotatable bonds is 4. The van der Waals surface area contributed by atoms with Gasteiger partial charge in [0.1, 0.15) is 11.3 Å². The molecule has 1 atom stereocenters. The van der Waals surface area contributed by atoms with Crippen molar-refractivity contribution >= 4 is 16.9 Å². The van der Waals surface area contributed by atoms with Crippen LogP contribution in [0.1, 0.15) is 46.7 Å². The lowest BCUT2D eigenvalue weighted by Gasteiger charge is -2.21. The number of carbonyl (C=O) groups excluding carboxylic acids is 1. The highest BCUT2D eigenvalue weighted by atomic mass is 16.5. The molecule has 124 valence electrons. The predicted molar refractivity (Wildman–Crippen MR) is 86.2 cm³/mol. The predicted octanol–water partition coefficient (Wildman–Crippen LogP) is 2.56. The molecule has 3 aromatic rings. The summed E-state index contributed by atoms with van der Waals surface area (Å²) in [6.07, 6.45) is 1.95. The summed E-state index contributed by atoms with van der Waals surface area (Å²) >= 11 is 0. The van der Waals surface area contributed by atoms with Gasteiger partial charge in [-0.2, -0.15) is 4.98 Å². The molecule has 1 amide bonds. The van der Waals surface area contributed by atoms with Crippen molar-refractivity contribution in [3.8, 4) is 0 Å². The lowest BCUT2D eigenvalue weighted by molar-refractivity contribution is 0.0987. The first-order valence-corrected chi connectivity index (χ1v) is 7.98. The Morgan fingerprint density at radius 2 is 2.25 bits per heavy atom. The van der Waals surface area contributed by atoms with Crippen molar-refractivity contribution in [1.82, 2.24) is 15.0 Å². The van der Waals surface area contributed by atoms with Crippen molar-refractivity contribution in [1.29, 1.82) is 0 Å². The van der Waals surface area contributed by atoms with E-state index in [1.54, 1.807) is 0 Å². The Kier molecular flexibility index (Phi) is 3.57. The molecule has 7 nitrogen and oxygen atoms in total. The Labute approximate surface area is 138 Å². The number of nitrogens with zero attached hydrogens (tertiary/aromatic N) is 3. The Balaban J connectivity index is 1.63. The minimum atomic E-state index is -0.675. The summed E-state index contributed by atoms with van der Waals surface area (Å²) in [5, 5.41) is 4.78. The number of amides is 1. The van der Waals surface area contributed by atoms with Crippen LogP contribution in [0.4, 0.5) is 0 Å². The molecule has 2 N–H and O–H groups in total. The number of aryl methyl sites for hydroxylation is 1. The van der Waals surface area contributed by atoms with E-state index in [1.165, 1.54) is 5.56 Å². The van der Waals surface area contributed by atoms with Gasteiger partial charge in [0.05, 0.1) is 6.04 Å². The molecule has 0 aliphatic carbocycles.